The standard InChI is InChI=1S/C22H26N4O4/c1-6-30-15-9-7-14(8-10-15)11-17(27)24-19-16(13(2)3)12-23-20-18(19)21(28)26(5)22(29)25(20)4/h7-10,12-13H,6,11H2,1-5H3,(H,23,24,27). The molecule has 0 spiro atoms. The molecule has 0 saturated heterocycles. The zero-order valence-electron chi connectivity index (χ0n) is 17.9. The number of nitrogens with zero attached hydrogens (tertiary/aromatic N) is 3. The highest BCUT2D eigenvalue weighted by Crippen LogP contribution is 2.28. The molecule has 8 heteroatoms. The Labute approximate surface area is 174 Å². The van der Waals surface area contributed by atoms with Gasteiger partial charge in [-0.15, -0.1) is 0 Å². The molecule has 3 aromatic rings. The van der Waals surface area contributed by atoms with E-state index in [0.29, 0.717) is 12.3 Å². The van der Waals surface area contributed by atoms with Crippen molar-refractivity contribution in [3.63, 3.8) is 0 Å². The van der Waals surface area contributed by atoms with Gasteiger partial charge < -0.3 is 10.1 Å². The van der Waals surface area contributed by atoms with Crippen molar-refractivity contribution in [3.8, 4) is 5.75 Å². The first-order valence-electron chi connectivity index (χ1n) is 9.84. The number of aryl methyl sites for hydroxylation is 1. The molecule has 1 amide bonds. The molecular weight excluding hydrogens is 384 g/mol. The summed E-state index contributed by atoms with van der Waals surface area (Å²) in [7, 11) is 2.97. The zero-order chi connectivity index (χ0) is 22.0. The van der Waals surface area contributed by atoms with E-state index in [2.05, 4.69) is 10.3 Å². The third-order valence-corrected chi connectivity index (χ3v) is 4.98. The fraction of sp³-hybridized carbons (Fsp3) is 0.364. The zero-order valence-corrected chi connectivity index (χ0v) is 17.9. The van der Waals surface area contributed by atoms with Crippen LogP contribution in [0, 0.1) is 0 Å². The monoisotopic (exact) mass is 410 g/mol. The number of pyridine rings is 1. The van der Waals surface area contributed by atoms with Crippen molar-refractivity contribution in [2.75, 3.05) is 11.9 Å². The summed E-state index contributed by atoms with van der Waals surface area (Å²) in [5.74, 6) is 0.502. The lowest BCUT2D eigenvalue weighted by molar-refractivity contribution is -0.115. The van der Waals surface area contributed by atoms with E-state index >= 15 is 0 Å². The number of carbonyl (C=O) groups is 1. The molecule has 30 heavy (non-hydrogen) atoms. The number of anilines is 1. The number of carbonyl (C=O) groups excluding carboxylic acids is 1. The van der Waals surface area contributed by atoms with E-state index in [1.165, 1.54) is 11.6 Å². The number of amides is 1. The van der Waals surface area contributed by atoms with Gasteiger partial charge in [-0.1, -0.05) is 26.0 Å². The molecule has 0 radical (unpaired) electrons. The van der Waals surface area contributed by atoms with E-state index in [0.717, 1.165) is 21.4 Å². The number of nitrogens with one attached hydrogen (secondary N) is 1. The summed E-state index contributed by atoms with van der Waals surface area (Å²) in [4.78, 5) is 42.3. The molecule has 0 aliphatic heterocycles. The number of rotatable bonds is 6. The van der Waals surface area contributed by atoms with Gasteiger partial charge in [0.2, 0.25) is 5.91 Å². The topological polar surface area (TPSA) is 95.2 Å². The van der Waals surface area contributed by atoms with E-state index in [1.807, 2.05) is 45.0 Å². The van der Waals surface area contributed by atoms with Crippen molar-refractivity contribution in [3.05, 3.63) is 62.4 Å². The molecule has 1 aromatic carbocycles. The lowest BCUT2D eigenvalue weighted by Gasteiger charge is -2.17. The summed E-state index contributed by atoms with van der Waals surface area (Å²) in [6.07, 6.45) is 1.75. The molecule has 0 bridgehead atoms. The summed E-state index contributed by atoms with van der Waals surface area (Å²) >= 11 is 0. The third kappa shape index (κ3) is 3.98. The van der Waals surface area contributed by atoms with Gasteiger partial charge in [0.15, 0.2) is 5.65 Å². The Kier molecular flexibility index (Phi) is 6.05. The minimum absolute atomic E-state index is 0.0182. The van der Waals surface area contributed by atoms with E-state index in [-0.39, 0.29) is 29.3 Å². The van der Waals surface area contributed by atoms with Crippen LogP contribution in [0.15, 0.2) is 40.1 Å². The highest BCUT2D eigenvalue weighted by atomic mass is 16.5. The Bertz CT molecular complexity index is 1210. The number of hydrogen-bond donors (Lipinski definition) is 1. The molecule has 0 atom stereocenters. The molecule has 2 heterocycles. The minimum Gasteiger partial charge on any atom is -0.494 e. The summed E-state index contributed by atoms with van der Waals surface area (Å²) in [5, 5.41) is 3.13. The fourth-order valence-corrected chi connectivity index (χ4v) is 3.35. The van der Waals surface area contributed by atoms with Crippen LogP contribution in [-0.4, -0.2) is 26.6 Å². The van der Waals surface area contributed by atoms with Gasteiger partial charge in [0.25, 0.3) is 5.56 Å². The van der Waals surface area contributed by atoms with Crippen molar-refractivity contribution >= 4 is 22.6 Å². The fourth-order valence-electron chi connectivity index (χ4n) is 3.35. The lowest BCUT2D eigenvalue weighted by atomic mass is 10.0. The second-order valence-electron chi connectivity index (χ2n) is 7.45. The molecule has 0 aliphatic carbocycles. The van der Waals surface area contributed by atoms with Crippen LogP contribution in [0.5, 0.6) is 5.75 Å². The Hall–Kier alpha value is -3.42. The van der Waals surface area contributed by atoms with Gasteiger partial charge in [-0.05, 0) is 36.1 Å². The molecule has 1 N–H and O–H groups in total. The quantitative estimate of drug-likeness (QED) is 0.673. The second-order valence-corrected chi connectivity index (χ2v) is 7.45. The summed E-state index contributed by atoms with van der Waals surface area (Å²) < 4.78 is 7.76. The van der Waals surface area contributed by atoms with Gasteiger partial charge in [0.05, 0.1) is 18.7 Å². The SMILES string of the molecule is CCOc1ccc(CC(=O)Nc2c(C(C)C)cnc3c2c(=O)n(C)c(=O)n3C)cc1. The van der Waals surface area contributed by atoms with Gasteiger partial charge in [-0.25, -0.2) is 9.78 Å². The van der Waals surface area contributed by atoms with Crippen molar-refractivity contribution in [1.82, 2.24) is 14.1 Å². The smallest absolute Gasteiger partial charge is 0.332 e. The number of benzene rings is 1. The van der Waals surface area contributed by atoms with Crippen molar-refractivity contribution in [2.24, 2.45) is 14.1 Å². The minimum atomic E-state index is -0.487. The number of aromatic nitrogens is 3. The van der Waals surface area contributed by atoms with Gasteiger partial charge in [-0.3, -0.25) is 18.7 Å². The Morgan fingerprint density at radius 3 is 2.40 bits per heavy atom. The largest absolute Gasteiger partial charge is 0.494 e. The summed E-state index contributed by atoms with van der Waals surface area (Å²) in [6, 6.07) is 7.31. The normalized spacial score (nSPS) is 11.1. The highest BCUT2D eigenvalue weighted by Gasteiger charge is 2.20. The predicted octanol–water partition coefficient (Wildman–Crippen LogP) is 2.34. The van der Waals surface area contributed by atoms with Crippen LogP contribution in [-0.2, 0) is 25.3 Å². The molecule has 158 valence electrons. The first kappa shape index (κ1) is 21.3. The Morgan fingerprint density at radius 1 is 1.13 bits per heavy atom. The Balaban J connectivity index is 2.03. The summed E-state index contributed by atoms with van der Waals surface area (Å²) in [5.41, 5.74) is 1.24. The second kappa shape index (κ2) is 8.52. The number of ether oxygens (including phenoxy) is 1. The van der Waals surface area contributed by atoms with Crippen LogP contribution in [0.3, 0.4) is 0 Å². The van der Waals surface area contributed by atoms with Crippen LogP contribution in [0.2, 0.25) is 0 Å². The van der Waals surface area contributed by atoms with Gasteiger partial charge >= 0.3 is 5.69 Å². The molecule has 0 saturated carbocycles. The van der Waals surface area contributed by atoms with E-state index < -0.39 is 11.2 Å². The molecular formula is C22H26N4O4. The van der Waals surface area contributed by atoms with Gasteiger partial charge in [-0.2, -0.15) is 0 Å². The van der Waals surface area contributed by atoms with Crippen molar-refractivity contribution in [2.45, 2.75) is 33.1 Å². The predicted molar refractivity (Wildman–Crippen MR) is 116 cm³/mol. The lowest BCUT2D eigenvalue weighted by Crippen LogP contribution is -2.38. The average Bonchev–Trinajstić information content (AvgIpc) is 2.71. The van der Waals surface area contributed by atoms with Crippen LogP contribution in [0.25, 0.3) is 11.0 Å². The van der Waals surface area contributed by atoms with E-state index in [9.17, 15) is 14.4 Å². The average molecular weight is 410 g/mol. The van der Waals surface area contributed by atoms with Gasteiger partial charge in [0.1, 0.15) is 11.1 Å². The molecule has 0 aliphatic rings. The van der Waals surface area contributed by atoms with Crippen LogP contribution in [0.4, 0.5) is 5.69 Å². The molecule has 3 rings (SSSR count). The maximum Gasteiger partial charge on any atom is 0.332 e. The number of hydrogen-bond acceptors (Lipinski definition) is 5. The molecule has 0 unspecified atom stereocenters. The molecule has 0 fully saturated rings. The van der Waals surface area contributed by atoms with Crippen molar-refractivity contribution in [1.29, 1.82) is 0 Å². The first-order valence-corrected chi connectivity index (χ1v) is 9.84. The maximum atomic E-state index is 12.9. The molecule has 8 nitrogen and oxygen atoms in total. The first-order chi connectivity index (χ1) is 14.2. The third-order valence-electron chi connectivity index (χ3n) is 4.98. The van der Waals surface area contributed by atoms with Crippen molar-refractivity contribution < 1.29 is 9.53 Å². The van der Waals surface area contributed by atoms with Gasteiger partial charge in [0, 0.05) is 20.3 Å². The summed E-state index contributed by atoms with van der Waals surface area (Å²) in [6.45, 7) is 6.39. The van der Waals surface area contributed by atoms with Crippen LogP contribution in [0.1, 0.15) is 37.8 Å². The Morgan fingerprint density at radius 2 is 1.80 bits per heavy atom. The van der Waals surface area contributed by atoms with Crippen LogP contribution >= 0.6 is 0 Å². The van der Waals surface area contributed by atoms with E-state index in [1.54, 1.807) is 13.2 Å². The number of fused-ring (bicyclic) bond motifs is 1. The molecule has 2 aromatic heterocycles. The highest BCUT2D eigenvalue weighted by molar-refractivity contribution is 6.01. The van der Waals surface area contributed by atoms with Crippen LogP contribution < -0.4 is 21.3 Å². The maximum absolute atomic E-state index is 12.9. The van der Waals surface area contributed by atoms with E-state index in [4.69, 9.17) is 4.74 Å².